The highest BCUT2D eigenvalue weighted by Gasteiger charge is 2.17. The maximum Gasteiger partial charge on any atom is 0.0972 e. The summed E-state index contributed by atoms with van der Waals surface area (Å²) in [4.78, 5) is 4.09. The molecule has 3 N–H and O–H groups in total. The predicted octanol–water partition coefficient (Wildman–Crippen LogP) is 1.07. The maximum atomic E-state index is 9.69. The van der Waals surface area contributed by atoms with Gasteiger partial charge in [-0.1, -0.05) is 18.2 Å². The smallest absolute Gasteiger partial charge is 0.0972 e. The molecule has 0 aliphatic heterocycles. The predicted molar refractivity (Wildman–Crippen MR) is 71.2 cm³/mol. The van der Waals surface area contributed by atoms with Crippen molar-refractivity contribution in [3.63, 3.8) is 0 Å². The van der Waals surface area contributed by atoms with E-state index in [4.69, 9.17) is 5.11 Å². The molecule has 1 atom stereocenters. The Hall–Kier alpha value is -1.49. The summed E-state index contributed by atoms with van der Waals surface area (Å²) in [7, 11) is 0. The standard InChI is InChI=1S/C14H18N2O2/c1-14(18,10-17)9-16-8-12-4-2-3-11-7-15-6-5-13(11)12/h2-7,16-18H,8-10H2,1H3. The van der Waals surface area contributed by atoms with Gasteiger partial charge in [-0.05, 0) is 23.9 Å². The Bertz CT molecular complexity index is 521. The van der Waals surface area contributed by atoms with Crippen LogP contribution in [0.4, 0.5) is 0 Å². The van der Waals surface area contributed by atoms with Gasteiger partial charge >= 0.3 is 0 Å². The molecule has 2 rings (SSSR count). The van der Waals surface area contributed by atoms with E-state index in [2.05, 4.69) is 10.3 Å². The number of hydrogen-bond donors (Lipinski definition) is 3. The average molecular weight is 246 g/mol. The second kappa shape index (κ2) is 5.44. The second-order valence-electron chi connectivity index (χ2n) is 4.77. The van der Waals surface area contributed by atoms with E-state index in [1.54, 1.807) is 13.1 Å². The van der Waals surface area contributed by atoms with Gasteiger partial charge in [-0.2, -0.15) is 0 Å². The van der Waals surface area contributed by atoms with Crippen LogP contribution < -0.4 is 5.32 Å². The van der Waals surface area contributed by atoms with Gasteiger partial charge in [-0.15, -0.1) is 0 Å². The van der Waals surface area contributed by atoms with Crippen molar-refractivity contribution in [1.82, 2.24) is 10.3 Å². The van der Waals surface area contributed by atoms with E-state index < -0.39 is 5.60 Å². The van der Waals surface area contributed by atoms with Crippen molar-refractivity contribution in [3.8, 4) is 0 Å². The van der Waals surface area contributed by atoms with Crippen molar-refractivity contribution in [1.29, 1.82) is 0 Å². The van der Waals surface area contributed by atoms with Crippen LogP contribution in [-0.4, -0.2) is 33.9 Å². The summed E-state index contributed by atoms with van der Waals surface area (Å²) < 4.78 is 0. The first-order valence-electron chi connectivity index (χ1n) is 5.98. The van der Waals surface area contributed by atoms with Crippen molar-refractivity contribution >= 4 is 10.8 Å². The number of nitrogens with one attached hydrogen (secondary N) is 1. The average Bonchev–Trinajstić information content (AvgIpc) is 2.39. The molecular weight excluding hydrogens is 228 g/mol. The maximum absolute atomic E-state index is 9.69. The van der Waals surface area contributed by atoms with Gasteiger partial charge in [0, 0.05) is 30.9 Å². The Kier molecular flexibility index (Phi) is 3.91. The molecule has 0 saturated carbocycles. The zero-order chi connectivity index (χ0) is 13.0. The van der Waals surface area contributed by atoms with Crippen LogP contribution >= 0.6 is 0 Å². The summed E-state index contributed by atoms with van der Waals surface area (Å²) in [6.07, 6.45) is 3.61. The fourth-order valence-electron chi connectivity index (χ4n) is 1.87. The van der Waals surface area contributed by atoms with E-state index in [-0.39, 0.29) is 6.61 Å². The van der Waals surface area contributed by atoms with Crippen molar-refractivity contribution < 1.29 is 10.2 Å². The first-order valence-corrected chi connectivity index (χ1v) is 5.98. The summed E-state index contributed by atoms with van der Waals surface area (Å²) in [6, 6.07) is 8.04. The normalized spacial score (nSPS) is 14.6. The Morgan fingerprint density at radius 2 is 2.17 bits per heavy atom. The van der Waals surface area contributed by atoms with E-state index in [9.17, 15) is 5.11 Å². The molecule has 96 valence electrons. The Morgan fingerprint density at radius 3 is 2.94 bits per heavy atom. The number of aromatic nitrogens is 1. The molecule has 0 spiro atoms. The third kappa shape index (κ3) is 3.04. The van der Waals surface area contributed by atoms with Crippen LogP contribution in [0.2, 0.25) is 0 Å². The summed E-state index contributed by atoms with van der Waals surface area (Å²) in [5.74, 6) is 0. The third-order valence-corrected chi connectivity index (χ3v) is 2.93. The molecule has 1 heterocycles. The number of nitrogens with zero attached hydrogens (tertiary/aromatic N) is 1. The monoisotopic (exact) mass is 246 g/mol. The Morgan fingerprint density at radius 1 is 1.33 bits per heavy atom. The second-order valence-corrected chi connectivity index (χ2v) is 4.77. The van der Waals surface area contributed by atoms with E-state index in [0.717, 1.165) is 16.3 Å². The highest BCUT2D eigenvalue weighted by Crippen LogP contribution is 2.17. The molecule has 0 radical (unpaired) electrons. The number of hydrogen-bond acceptors (Lipinski definition) is 4. The molecule has 18 heavy (non-hydrogen) atoms. The number of benzene rings is 1. The lowest BCUT2D eigenvalue weighted by atomic mass is 10.1. The van der Waals surface area contributed by atoms with Crippen LogP contribution in [0.3, 0.4) is 0 Å². The molecule has 1 aromatic carbocycles. The number of aliphatic hydroxyl groups excluding tert-OH is 1. The summed E-state index contributed by atoms with van der Waals surface area (Å²) >= 11 is 0. The van der Waals surface area contributed by atoms with Gasteiger partial charge in [-0.25, -0.2) is 0 Å². The van der Waals surface area contributed by atoms with Crippen LogP contribution in [0, 0.1) is 0 Å². The quantitative estimate of drug-likeness (QED) is 0.738. The minimum Gasteiger partial charge on any atom is -0.393 e. The van der Waals surface area contributed by atoms with Crippen LogP contribution in [0.15, 0.2) is 36.7 Å². The summed E-state index contributed by atoms with van der Waals surface area (Å²) in [6.45, 7) is 2.36. The number of pyridine rings is 1. The molecule has 0 amide bonds. The van der Waals surface area contributed by atoms with Gasteiger partial charge in [-0.3, -0.25) is 4.98 Å². The Labute approximate surface area is 106 Å². The third-order valence-electron chi connectivity index (χ3n) is 2.93. The lowest BCUT2D eigenvalue weighted by Crippen LogP contribution is -2.40. The highest BCUT2D eigenvalue weighted by molar-refractivity contribution is 5.84. The van der Waals surface area contributed by atoms with Gasteiger partial charge in [0.15, 0.2) is 0 Å². The minimum absolute atomic E-state index is 0.251. The fourth-order valence-corrected chi connectivity index (χ4v) is 1.87. The van der Waals surface area contributed by atoms with Crippen molar-refractivity contribution in [2.75, 3.05) is 13.2 Å². The lowest BCUT2D eigenvalue weighted by molar-refractivity contribution is 0.00255. The zero-order valence-corrected chi connectivity index (χ0v) is 10.4. The van der Waals surface area contributed by atoms with Crippen LogP contribution in [0.5, 0.6) is 0 Å². The van der Waals surface area contributed by atoms with Gasteiger partial charge in [0.25, 0.3) is 0 Å². The van der Waals surface area contributed by atoms with E-state index >= 15 is 0 Å². The molecule has 1 unspecified atom stereocenters. The zero-order valence-electron chi connectivity index (χ0n) is 10.4. The Balaban J connectivity index is 2.08. The fraction of sp³-hybridized carbons (Fsp3) is 0.357. The summed E-state index contributed by atoms with van der Waals surface area (Å²) in [5.41, 5.74) is 0.0789. The highest BCUT2D eigenvalue weighted by atomic mass is 16.3. The first kappa shape index (κ1) is 13.0. The topological polar surface area (TPSA) is 65.4 Å². The van der Waals surface area contributed by atoms with Crippen molar-refractivity contribution in [2.45, 2.75) is 19.1 Å². The van der Waals surface area contributed by atoms with E-state index in [1.807, 2.05) is 30.5 Å². The van der Waals surface area contributed by atoms with Gasteiger partial charge < -0.3 is 15.5 Å². The number of rotatable bonds is 5. The van der Waals surface area contributed by atoms with E-state index in [0.29, 0.717) is 13.1 Å². The molecule has 2 aromatic rings. The molecule has 0 fully saturated rings. The molecule has 0 aliphatic carbocycles. The van der Waals surface area contributed by atoms with Crippen molar-refractivity contribution in [2.24, 2.45) is 0 Å². The lowest BCUT2D eigenvalue weighted by Gasteiger charge is -2.20. The molecule has 0 saturated heterocycles. The van der Waals surface area contributed by atoms with Crippen molar-refractivity contribution in [3.05, 3.63) is 42.2 Å². The minimum atomic E-state index is -1.08. The van der Waals surface area contributed by atoms with Gasteiger partial charge in [0.05, 0.1) is 12.2 Å². The molecule has 1 aromatic heterocycles. The molecule has 4 heteroatoms. The molecule has 0 aliphatic rings. The van der Waals surface area contributed by atoms with Crippen LogP contribution in [0.1, 0.15) is 12.5 Å². The molecule has 0 bridgehead atoms. The van der Waals surface area contributed by atoms with E-state index in [1.165, 1.54) is 0 Å². The van der Waals surface area contributed by atoms with Gasteiger partial charge in [0.2, 0.25) is 0 Å². The molecule has 4 nitrogen and oxygen atoms in total. The largest absolute Gasteiger partial charge is 0.393 e. The van der Waals surface area contributed by atoms with Gasteiger partial charge in [0.1, 0.15) is 0 Å². The first-order chi connectivity index (χ1) is 8.62. The van der Waals surface area contributed by atoms with Crippen LogP contribution in [-0.2, 0) is 6.54 Å². The summed E-state index contributed by atoms with van der Waals surface area (Å²) in [5, 5.41) is 24.1. The molecular formula is C14H18N2O2. The number of aliphatic hydroxyl groups is 2. The number of fused-ring (bicyclic) bond motifs is 1. The van der Waals surface area contributed by atoms with Crippen LogP contribution in [0.25, 0.3) is 10.8 Å². The SMILES string of the molecule is CC(O)(CO)CNCc1cccc2cnccc12.